The molecule has 1 fully saturated rings. The number of pyridine rings is 1. The van der Waals surface area contributed by atoms with Gasteiger partial charge in [0.25, 0.3) is 5.91 Å². The van der Waals surface area contributed by atoms with Crippen LogP contribution in [0.5, 0.6) is 0 Å². The minimum atomic E-state index is -0.862. The Hall–Kier alpha value is -3.22. The fraction of sp³-hybridized carbons (Fsp3) is 0.222. The van der Waals surface area contributed by atoms with E-state index < -0.39 is 11.9 Å². The van der Waals surface area contributed by atoms with Gasteiger partial charge in [0.1, 0.15) is 11.4 Å². The molecule has 1 saturated heterocycles. The summed E-state index contributed by atoms with van der Waals surface area (Å²) in [5.74, 6) is -1.01. The number of carboxylic acid groups (broad SMARTS) is 1. The highest BCUT2D eigenvalue weighted by Gasteiger charge is 2.31. The highest BCUT2D eigenvalue weighted by atomic mass is 16.4. The number of amides is 1. The van der Waals surface area contributed by atoms with Gasteiger partial charge in [0.2, 0.25) is 0 Å². The van der Waals surface area contributed by atoms with Crippen LogP contribution in [0.15, 0.2) is 42.5 Å². The second-order valence-electron chi connectivity index (χ2n) is 6.09. The molecule has 0 bridgehead atoms. The monoisotopic (exact) mass is 336 g/mol. The molecule has 0 aliphatic carbocycles. The number of benzene rings is 1. The van der Waals surface area contributed by atoms with E-state index in [2.05, 4.69) is 15.0 Å². The smallest absolute Gasteiger partial charge is 0.308 e. The molecular formula is C18H16N4O3. The van der Waals surface area contributed by atoms with Crippen molar-refractivity contribution in [3.05, 3.63) is 48.2 Å². The molecule has 2 N–H and O–H groups in total. The first-order chi connectivity index (χ1) is 12.1. The second-order valence-corrected chi connectivity index (χ2v) is 6.09. The average Bonchev–Trinajstić information content (AvgIpc) is 3.28. The van der Waals surface area contributed by atoms with Gasteiger partial charge in [-0.3, -0.25) is 9.59 Å². The van der Waals surface area contributed by atoms with Crippen molar-refractivity contribution in [2.24, 2.45) is 5.92 Å². The molecule has 1 aromatic carbocycles. The van der Waals surface area contributed by atoms with Gasteiger partial charge in [-0.15, -0.1) is 0 Å². The number of imidazole rings is 1. The predicted molar refractivity (Wildman–Crippen MR) is 91.0 cm³/mol. The number of para-hydroxylation sites is 2. The number of carbonyl (C=O) groups is 2. The van der Waals surface area contributed by atoms with E-state index in [1.54, 1.807) is 23.1 Å². The number of hydrogen-bond donors (Lipinski definition) is 2. The molecule has 1 unspecified atom stereocenters. The Kier molecular flexibility index (Phi) is 3.68. The molecular weight excluding hydrogens is 320 g/mol. The Labute approximate surface area is 143 Å². The largest absolute Gasteiger partial charge is 0.481 e. The average molecular weight is 336 g/mol. The summed E-state index contributed by atoms with van der Waals surface area (Å²) >= 11 is 0. The van der Waals surface area contributed by atoms with E-state index in [4.69, 9.17) is 5.11 Å². The highest BCUT2D eigenvalue weighted by Crippen LogP contribution is 2.21. The normalized spacial score (nSPS) is 17.1. The van der Waals surface area contributed by atoms with Crippen molar-refractivity contribution in [1.82, 2.24) is 19.9 Å². The minimum absolute atomic E-state index is 0.227. The second kappa shape index (κ2) is 6.01. The number of likely N-dealkylation sites (tertiary alicyclic amines) is 1. The van der Waals surface area contributed by atoms with E-state index in [1.807, 2.05) is 24.3 Å². The van der Waals surface area contributed by atoms with Gasteiger partial charge < -0.3 is 15.0 Å². The number of H-pyrrole nitrogens is 1. The molecule has 126 valence electrons. The van der Waals surface area contributed by atoms with Crippen molar-refractivity contribution in [2.75, 3.05) is 13.1 Å². The quantitative estimate of drug-likeness (QED) is 0.764. The number of aliphatic carboxylic acids is 1. The molecule has 7 nitrogen and oxygen atoms in total. The number of fused-ring (bicyclic) bond motifs is 1. The Morgan fingerprint density at radius 2 is 1.96 bits per heavy atom. The van der Waals surface area contributed by atoms with Crippen LogP contribution in [0.3, 0.4) is 0 Å². The molecule has 1 atom stereocenters. The molecule has 25 heavy (non-hydrogen) atoms. The predicted octanol–water partition coefficient (Wildman–Crippen LogP) is 2.17. The number of nitrogens with one attached hydrogen (secondary N) is 1. The van der Waals surface area contributed by atoms with Gasteiger partial charge in [-0.1, -0.05) is 18.2 Å². The molecule has 7 heteroatoms. The highest BCUT2D eigenvalue weighted by molar-refractivity contribution is 5.93. The van der Waals surface area contributed by atoms with Crippen LogP contribution in [0.2, 0.25) is 0 Å². The first-order valence-electron chi connectivity index (χ1n) is 8.06. The van der Waals surface area contributed by atoms with Gasteiger partial charge in [-0.05, 0) is 30.7 Å². The van der Waals surface area contributed by atoms with E-state index in [9.17, 15) is 9.59 Å². The number of carboxylic acids is 1. The van der Waals surface area contributed by atoms with E-state index in [0.29, 0.717) is 30.2 Å². The maximum atomic E-state index is 12.6. The summed E-state index contributed by atoms with van der Waals surface area (Å²) in [6.45, 7) is 0.664. The Morgan fingerprint density at radius 1 is 1.12 bits per heavy atom. The number of rotatable bonds is 3. The summed E-state index contributed by atoms with van der Waals surface area (Å²) in [4.78, 5) is 37.3. The molecule has 4 rings (SSSR count). The topological polar surface area (TPSA) is 99.2 Å². The van der Waals surface area contributed by atoms with Gasteiger partial charge in [0, 0.05) is 13.1 Å². The van der Waals surface area contributed by atoms with Gasteiger partial charge in [-0.2, -0.15) is 0 Å². The van der Waals surface area contributed by atoms with Crippen molar-refractivity contribution >= 4 is 22.9 Å². The molecule has 3 aromatic rings. The van der Waals surface area contributed by atoms with E-state index in [1.165, 1.54) is 0 Å². The zero-order valence-corrected chi connectivity index (χ0v) is 13.3. The van der Waals surface area contributed by atoms with E-state index in [0.717, 1.165) is 11.0 Å². The summed E-state index contributed by atoms with van der Waals surface area (Å²) in [5, 5.41) is 9.08. The number of aromatic amines is 1. The summed E-state index contributed by atoms with van der Waals surface area (Å²) in [7, 11) is 0. The SMILES string of the molecule is O=C(O)C1CCN(C(=O)c2cccc(-c3nc4ccccc4[nH]3)n2)C1. The molecule has 0 spiro atoms. The summed E-state index contributed by atoms with van der Waals surface area (Å²) < 4.78 is 0. The van der Waals surface area contributed by atoms with Crippen molar-refractivity contribution in [3.63, 3.8) is 0 Å². The van der Waals surface area contributed by atoms with Crippen LogP contribution in [0.25, 0.3) is 22.6 Å². The van der Waals surface area contributed by atoms with Gasteiger partial charge in [-0.25, -0.2) is 9.97 Å². The van der Waals surface area contributed by atoms with Crippen LogP contribution in [0.1, 0.15) is 16.9 Å². The van der Waals surface area contributed by atoms with Crippen LogP contribution in [-0.4, -0.2) is 49.9 Å². The van der Waals surface area contributed by atoms with Crippen molar-refractivity contribution in [2.45, 2.75) is 6.42 Å². The van der Waals surface area contributed by atoms with Crippen LogP contribution < -0.4 is 0 Å². The number of carbonyl (C=O) groups excluding carboxylic acids is 1. The standard InChI is InChI=1S/C18H16N4O3/c23-17(22-9-8-11(10-22)18(24)25)15-7-3-6-14(19-15)16-20-12-4-1-2-5-13(12)21-16/h1-7,11H,8-10H2,(H,20,21)(H,24,25). The van der Waals surface area contributed by atoms with Crippen molar-refractivity contribution in [1.29, 1.82) is 0 Å². The zero-order chi connectivity index (χ0) is 17.4. The van der Waals surface area contributed by atoms with Gasteiger partial charge in [0.15, 0.2) is 5.82 Å². The molecule has 0 saturated carbocycles. The third-order valence-corrected chi connectivity index (χ3v) is 4.42. The molecule has 2 aromatic heterocycles. The summed E-state index contributed by atoms with van der Waals surface area (Å²) in [5.41, 5.74) is 2.61. The molecule has 1 aliphatic heterocycles. The van der Waals surface area contributed by atoms with Crippen LogP contribution >= 0.6 is 0 Å². The minimum Gasteiger partial charge on any atom is -0.481 e. The molecule has 1 aliphatic rings. The van der Waals surface area contributed by atoms with Gasteiger partial charge in [0.05, 0.1) is 17.0 Å². The Bertz CT molecular complexity index is 933. The molecule has 0 radical (unpaired) electrons. The van der Waals surface area contributed by atoms with E-state index >= 15 is 0 Å². The summed E-state index contributed by atoms with van der Waals surface area (Å²) in [6.07, 6.45) is 0.477. The first-order valence-corrected chi connectivity index (χ1v) is 8.06. The fourth-order valence-corrected chi connectivity index (χ4v) is 3.07. The number of nitrogens with zero attached hydrogens (tertiary/aromatic N) is 3. The van der Waals surface area contributed by atoms with E-state index in [-0.39, 0.29) is 12.5 Å². The molecule has 1 amide bonds. The Morgan fingerprint density at radius 3 is 2.72 bits per heavy atom. The van der Waals surface area contributed by atoms with Crippen molar-refractivity contribution in [3.8, 4) is 11.5 Å². The van der Waals surface area contributed by atoms with Crippen LogP contribution in [-0.2, 0) is 4.79 Å². The number of aromatic nitrogens is 3. The van der Waals surface area contributed by atoms with Crippen LogP contribution in [0.4, 0.5) is 0 Å². The lowest BCUT2D eigenvalue weighted by molar-refractivity contribution is -0.141. The maximum Gasteiger partial charge on any atom is 0.308 e. The summed E-state index contributed by atoms with van der Waals surface area (Å²) in [6, 6.07) is 12.9. The molecule has 3 heterocycles. The van der Waals surface area contributed by atoms with Gasteiger partial charge >= 0.3 is 5.97 Å². The third-order valence-electron chi connectivity index (χ3n) is 4.42. The van der Waals surface area contributed by atoms with Crippen molar-refractivity contribution < 1.29 is 14.7 Å². The fourth-order valence-electron chi connectivity index (χ4n) is 3.07. The van der Waals surface area contributed by atoms with Crippen LogP contribution in [0, 0.1) is 5.92 Å². The lowest BCUT2D eigenvalue weighted by Crippen LogP contribution is -2.30. The Balaban J connectivity index is 1.61. The number of hydrogen-bond acceptors (Lipinski definition) is 4. The lowest BCUT2D eigenvalue weighted by atomic mass is 10.1. The lowest BCUT2D eigenvalue weighted by Gasteiger charge is -2.15. The zero-order valence-electron chi connectivity index (χ0n) is 13.3. The maximum absolute atomic E-state index is 12.6. The third kappa shape index (κ3) is 2.84. The first kappa shape index (κ1) is 15.3.